The quantitative estimate of drug-likeness (QED) is 0.769. The van der Waals surface area contributed by atoms with Crippen molar-refractivity contribution in [1.82, 2.24) is 4.98 Å². The number of hydrogen-bond acceptors (Lipinski definition) is 3. The molecule has 0 unspecified atom stereocenters. The lowest BCUT2D eigenvalue weighted by atomic mass is 10.1. The fourth-order valence-electron chi connectivity index (χ4n) is 2.25. The van der Waals surface area contributed by atoms with Crippen molar-refractivity contribution in [3.8, 4) is 11.3 Å². The van der Waals surface area contributed by atoms with Crippen molar-refractivity contribution >= 4 is 22.9 Å². The van der Waals surface area contributed by atoms with Gasteiger partial charge < -0.3 is 5.73 Å². The summed E-state index contributed by atoms with van der Waals surface area (Å²) in [6, 6.07) is 16.1. The Morgan fingerprint density at radius 1 is 1.05 bits per heavy atom. The number of hydrogen-bond donors (Lipinski definition) is 1. The summed E-state index contributed by atoms with van der Waals surface area (Å²) in [7, 11) is 0. The number of nitrogens with two attached hydrogens (primary N) is 1. The van der Waals surface area contributed by atoms with E-state index in [0.29, 0.717) is 6.54 Å². The van der Waals surface area contributed by atoms with Crippen LogP contribution in [0.25, 0.3) is 11.3 Å². The maximum absolute atomic E-state index is 6.08. The van der Waals surface area contributed by atoms with Crippen LogP contribution in [0.3, 0.4) is 0 Å². The van der Waals surface area contributed by atoms with E-state index < -0.39 is 0 Å². The Morgan fingerprint density at radius 3 is 2.62 bits per heavy atom. The molecule has 0 spiro atoms. The average molecular weight is 315 g/mol. The second kappa shape index (κ2) is 6.39. The smallest absolute Gasteiger partial charge is 0.0976 e. The molecule has 1 aromatic heterocycles. The van der Waals surface area contributed by atoms with Crippen LogP contribution < -0.4 is 5.73 Å². The molecule has 21 heavy (non-hydrogen) atoms. The molecule has 0 radical (unpaired) electrons. The highest BCUT2D eigenvalue weighted by atomic mass is 35.5. The second-order valence-corrected chi connectivity index (χ2v) is 6.17. The topological polar surface area (TPSA) is 38.9 Å². The van der Waals surface area contributed by atoms with Crippen LogP contribution in [-0.2, 0) is 13.0 Å². The van der Waals surface area contributed by atoms with Crippen molar-refractivity contribution in [2.75, 3.05) is 0 Å². The molecular formula is C17H15ClN2S. The third kappa shape index (κ3) is 3.32. The molecular weight excluding hydrogens is 300 g/mol. The van der Waals surface area contributed by atoms with Crippen molar-refractivity contribution in [1.29, 1.82) is 0 Å². The molecule has 0 aliphatic carbocycles. The van der Waals surface area contributed by atoms with E-state index in [9.17, 15) is 0 Å². The molecule has 2 N–H and O–H groups in total. The lowest BCUT2D eigenvalue weighted by Gasteiger charge is -2.06. The van der Waals surface area contributed by atoms with Gasteiger partial charge in [0.25, 0.3) is 0 Å². The summed E-state index contributed by atoms with van der Waals surface area (Å²) in [5, 5.41) is 3.91. The average Bonchev–Trinajstić information content (AvgIpc) is 2.97. The zero-order valence-corrected chi connectivity index (χ0v) is 13.0. The highest BCUT2D eigenvalue weighted by Gasteiger charge is 2.08. The first-order valence-corrected chi connectivity index (χ1v) is 7.99. The van der Waals surface area contributed by atoms with Gasteiger partial charge >= 0.3 is 0 Å². The molecule has 0 amide bonds. The summed E-state index contributed by atoms with van der Waals surface area (Å²) >= 11 is 7.75. The van der Waals surface area contributed by atoms with Crippen LogP contribution in [-0.4, -0.2) is 4.98 Å². The minimum Gasteiger partial charge on any atom is -0.326 e. The van der Waals surface area contributed by atoms with Crippen LogP contribution >= 0.6 is 22.9 Å². The number of aromatic nitrogens is 1. The van der Waals surface area contributed by atoms with E-state index in [1.54, 1.807) is 11.3 Å². The summed E-state index contributed by atoms with van der Waals surface area (Å²) in [5.74, 6) is 0. The fraction of sp³-hybridized carbons (Fsp3) is 0.118. The molecule has 1 heterocycles. The van der Waals surface area contributed by atoms with Gasteiger partial charge in [-0.2, -0.15) is 0 Å². The molecule has 0 aliphatic heterocycles. The van der Waals surface area contributed by atoms with Gasteiger partial charge in [-0.05, 0) is 23.3 Å². The monoisotopic (exact) mass is 314 g/mol. The molecule has 106 valence electrons. The first kappa shape index (κ1) is 14.3. The Labute approximate surface area is 133 Å². The molecule has 0 fully saturated rings. The Hall–Kier alpha value is -1.68. The maximum Gasteiger partial charge on any atom is 0.0976 e. The summed E-state index contributed by atoms with van der Waals surface area (Å²) in [6.07, 6.45) is 0.768. The third-order valence-corrected chi connectivity index (χ3v) is 4.44. The van der Waals surface area contributed by atoms with Gasteiger partial charge in [-0.1, -0.05) is 48.0 Å². The molecule has 0 saturated carbocycles. The standard InChI is InChI=1S/C17H15ClN2S/c18-15-7-6-13(10-19)14(8-15)9-17-20-16(11-21-17)12-4-2-1-3-5-12/h1-8,11H,9-10,19H2. The van der Waals surface area contributed by atoms with Crippen LogP contribution in [0, 0.1) is 0 Å². The molecule has 4 heteroatoms. The lowest BCUT2D eigenvalue weighted by Crippen LogP contribution is -2.02. The zero-order valence-electron chi connectivity index (χ0n) is 11.4. The molecule has 0 aliphatic rings. The SMILES string of the molecule is NCc1ccc(Cl)cc1Cc1nc(-c2ccccc2)cs1. The van der Waals surface area contributed by atoms with Gasteiger partial charge in [-0.25, -0.2) is 4.98 Å². The van der Waals surface area contributed by atoms with Gasteiger partial charge in [0.15, 0.2) is 0 Å². The summed E-state index contributed by atoms with van der Waals surface area (Å²) in [5.41, 5.74) is 10.2. The highest BCUT2D eigenvalue weighted by molar-refractivity contribution is 7.10. The maximum atomic E-state index is 6.08. The van der Waals surface area contributed by atoms with Crippen molar-refractivity contribution in [2.45, 2.75) is 13.0 Å². The van der Waals surface area contributed by atoms with Gasteiger partial charge in [0.1, 0.15) is 0 Å². The first-order valence-electron chi connectivity index (χ1n) is 6.73. The Kier molecular flexibility index (Phi) is 4.34. The number of nitrogens with zero attached hydrogens (tertiary/aromatic N) is 1. The predicted molar refractivity (Wildman–Crippen MR) is 89.7 cm³/mol. The van der Waals surface area contributed by atoms with Crippen LogP contribution in [0.2, 0.25) is 5.02 Å². The van der Waals surface area contributed by atoms with Gasteiger partial charge in [-0.3, -0.25) is 0 Å². The van der Waals surface area contributed by atoms with E-state index in [1.807, 2.05) is 36.4 Å². The van der Waals surface area contributed by atoms with E-state index in [1.165, 1.54) is 0 Å². The summed E-state index contributed by atoms with van der Waals surface area (Å²) in [6.45, 7) is 0.517. The largest absolute Gasteiger partial charge is 0.326 e. The zero-order chi connectivity index (χ0) is 14.7. The molecule has 0 atom stereocenters. The summed E-state index contributed by atoms with van der Waals surface area (Å²) in [4.78, 5) is 4.72. The third-order valence-electron chi connectivity index (χ3n) is 3.35. The van der Waals surface area contributed by atoms with Crippen molar-refractivity contribution in [2.24, 2.45) is 5.73 Å². The van der Waals surface area contributed by atoms with E-state index in [0.717, 1.165) is 38.8 Å². The Bertz CT molecular complexity index is 738. The highest BCUT2D eigenvalue weighted by Crippen LogP contribution is 2.25. The minimum absolute atomic E-state index is 0.517. The molecule has 2 aromatic carbocycles. The molecule has 3 rings (SSSR count). The lowest BCUT2D eigenvalue weighted by molar-refractivity contribution is 1.01. The van der Waals surface area contributed by atoms with E-state index >= 15 is 0 Å². The number of rotatable bonds is 4. The van der Waals surface area contributed by atoms with Crippen LogP contribution in [0.4, 0.5) is 0 Å². The second-order valence-electron chi connectivity index (χ2n) is 4.79. The fourth-order valence-corrected chi connectivity index (χ4v) is 3.28. The van der Waals surface area contributed by atoms with Gasteiger partial charge in [0, 0.05) is 28.9 Å². The van der Waals surface area contributed by atoms with E-state index in [-0.39, 0.29) is 0 Å². The Morgan fingerprint density at radius 2 is 1.86 bits per heavy atom. The van der Waals surface area contributed by atoms with E-state index in [2.05, 4.69) is 17.5 Å². The molecule has 0 bridgehead atoms. The summed E-state index contributed by atoms with van der Waals surface area (Å²) < 4.78 is 0. The number of halogens is 1. The molecule has 3 aromatic rings. The number of benzene rings is 2. The van der Waals surface area contributed by atoms with Crippen LogP contribution in [0.15, 0.2) is 53.9 Å². The Balaban J connectivity index is 1.87. The molecule has 2 nitrogen and oxygen atoms in total. The van der Waals surface area contributed by atoms with Gasteiger partial charge in [0.2, 0.25) is 0 Å². The molecule has 0 saturated heterocycles. The predicted octanol–water partition coefficient (Wildman–Crippen LogP) is 4.51. The minimum atomic E-state index is 0.517. The van der Waals surface area contributed by atoms with Crippen LogP contribution in [0.1, 0.15) is 16.1 Å². The van der Waals surface area contributed by atoms with Gasteiger partial charge in [0.05, 0.1) is 10.7 Å². The van der Waals surface area contributed by atoms with Crippen molar-refractivity contribution in [3.05, 3.63) is 75.1 Å². The van der Waals surface area contributed by atoms with Crippen molar-refractivity contribution in [3.63, 3.8) is 0 Å². The van der Waals surface area contributed by atoms with Crippen LogP contribution in [0.5, 0.6) is 0 Å². The van der Waals surface area contributed by atoms with Crippen molar-refractivity contribution < 1.29 is 0 Å². The number of thiazole rings is 1. The first-order chi connectivity index (χ1) is 10.3. The van der Waals surface area contributed by atoms with Gasteiger partial charge in [-0.15, -0.1) is 11.3 Å². The van der Waals surface area contributed by atoms with E-state index in [4.69, 9.17) is 22.3 Å². The normalized spacial score (nSPS) is 10.8.